The molecule has 0 saturated heterocycles. The second-order valence-electron chi connectivity index (χ2n) is 6.52. The van der Waals surface area contributed by atoms with Crippen LogP contribution in [0.1, 0.15) is 38.3 Å². The van der Waals surface area contributed by atoms with Crippen LogP contribution in [0.15, 0.2) is 53.6 Å². The molecule has 0 aliphatic heterocycles. The van der Waals surface area contributed by atoms with Crippen molar-refractivity contribution < 1.29 is 0 Å². The fraction of sp³-hybridized carbons (Fsp3) is 0.368. The SMILES string of the molecule is Cc1ccc(C2=CC3=C(CC(C)C=C3)C2(C)C)cc1. The Morgan fingerprint density at radius 2 is 1.79 bits per heavy atom. The van der Waals surface area contributed by atoms with E-state index in [1.807, 2.05) is 0 Å². The van der Waals surface area contributed by atoms with Gasteiger partial charge in [-0.1, -0.05) is 74.4 Å². The molecule has 0 bridgehead atoms. The Bertz CT molecular complexity index is 591. The highest BCUT2D eigenvalue weighted by molar-refractivity contribution is 5.81. The molecule has 0 nitrogen and oxygen atoms in total. The van der Waals surface area contributed by atoms with E-state index in [4.69, 9.17) is 0 Å². The third kappa shape index (κ3) is 2.00. The number of benzene rings is 1. The molecule has 0 spiro atoms. The fourth-order valence-corrected chi connectivity index (χ4v) is 3.30. The average molecular weight is 250 g/mol. The third-order valence-corrected chi connectivity index (χ3v) is 4.57. The van der Waals surface area contributed by atoms with Gasteiger partial charge in [-0.3, -0.25) is 0 Å². The lowest BCUT2D eigenvalue weighted by atomic mass is 9.74. The Balaban J connectivity index is 2.03. The Morgan fingerprint density at radius 3 is 2.47 bits per heavy atom. The maximum atomic E-state index is 2.39. The predicted octanol–water partition coefficient (Wildman–Crippen LogP) is 5.31. The molecule has 1 atom stereocenters. The lowest BCUT2D eigenvalue weighted by molar-refractivity contribution is 0.539. The first-order valence-corrected chi connectivity index (χ1v) is 7.19. The van der Waals surface area contributed by atoms with Crippen molar-refractivity contribution in [3.63, 3.8) is 0 Å². The fourth-order valence-electron chi connectivity index (χ4n) is 3.30. The van der Waals surface area contributed by atoms with E-state index in [9.17, 15) is 0 Å². The Morgan fingerprint density at radius 1 is 1.11 bits per heavy atom. The van der Waals surface area contributed by atoms with Crippen molar-refractivity contribution >= 4 is 5.57 Å². The van der Waals surface area contributed by atoms with E-state index in [2.05, 4.69) is 70.2 Å². The standard InChI is InChI=1S/C19H22/c1-13-5-8-15(9-6-13)18-12-16-10-7-14(2)11-17(16)19(18,3)4/h5-10,12,14H,11H2,1-4H3. The summed E-state index contributed by atoms with van der Waals surface area (Å²) in [6, 6.07) is 8.94. The minimum Gasteiger partial charge on any atom is -0.0808 e. The quantitative estimate of drug-likeness (QED) is 0.633. The van der Waals surface area contributed by atoms with Crippen LogP contribution in [0.25, 0.3) is 5.57 Å². The lowest BCUT2D eigenvalue weighted by Gasteiger charge is -2.30. The van der Waals surface area contributed by atoms with Gasteiger partial charge in [0.05, 0.1) is 0 Å². The largest absolute Gasteiger partial charge is 0.0808 e. The zero-order valence-corrected chi connectivity index (χ0v) is 12.3. The maximum Gasteiger partial charge on any atom is 0.0120 e. The summed E-state index contributed by atoms with van der Waals surface area (Å²) in [5, 5.41) is 0. The molecule has 98 valence electrons. The molecule has 0 amide bonds. The molecule has 0 heteroatoms. The van der Waals surface area contributed by atoms with Crippen molar-refractivity contribution in [3.8, 4) is 0 Å². The van der Waals surface area contributed by atoms with E-state index in [1.54, 1.807) is 5.57 Å². The molecule has 0 saturated carbocycles. The second kappa shape index (κ2) is 4.23. The highest BCUT2D eigenvalue weighted by Gasteiger charge is 2.36. The second-order valence-corrected chi connectivity index (χ2v) is 6.52. The predicted molar refractivity (Wildman–Crippen MR) is 82.9 cm³/mol. The number of hydrogen-bond donors (Lipinski definition) is 0. The first-order chi connectivity index (χ1) is 8.98. The van der Waals surface area contributed by atoms with Gasteiger partial charge < -0.3 is 0 Å². The first kappa shape index (κ1) is 12.5. The van der Waals surface area contributed by atoms with E-state index in [1.165, 1.54) is 28.7 Å². The van der Waals surface area contributed by atoms with E-state index in [0.717, 1.165) is 0 Å². The van der Waals surface area contributed by atoms with E-state index < -0.39 is 0 Å². The monoisotopic (exact) mass is 250 g/mol. The van der Waals surface area contributed by atoms with Gasteiger partial charge in [0.25, 0.3) is 0 Å². The molecule has 1 aromatic rings. The molecule has 0 N–H and O–H groups in total. The van der Waals surface area contributed by atoms with Crippen molar-refractivity contribution in [2.24, 2.45) is 11.3 Å². The minimum atomic E-state index is 0.170. The van der Waals surface area contributed by atoms with Gasteiger partial charge in [0.2, 0.25) is 0 Å². The summed E-state index contributed by atoms with van der Waals surface area (Å²) in [5.74, 6) is 0.670. The molecular formula is C19H22. The van der Waals surface area contributed by atoms with Gasteiger partial charge in [0, 0.05) is 5.41 Å². The van der Waals surface area contributed by atoms with Crippen LogP contribution in [-0.4, -0.2) is 0 Å². The number of aryl methyl sites for hydroxylation is 1. The molecule has 19 heavy (non-hydrogen) atoms. The highest BCUT2D eigenvalue weighted by atomic mass is 14.4. The molecule has 0 aromatic heterocycles. The van der Waals surface area contributed by atoms with Crippen LogP contribution in [0.3, 0.4) is 0 Å². The summed E-state index contributed by atoms with van der Waals surface area (Å²) in [7, 11) is 0. The van der Waals surface area contributed by atoms with Crippen LogP contribution < -0.4 is 0 Å². The van der Waals surface area contributed by atoms with Gasteiger partial charge in [-0.25, -0.2) is 0 Å². The van der Waals surface area contributed by atoms with Crippen molar-refractivity contribution in [2.75, 3.05) is 0 Å². The molecule has 2 aliphatic carbocycles. The van der Waals surface area contributed by atoms with E-state index in [-0.39, 0.29) is 5.41 Å². The summed E-state index contributed by atoms with van der Waals surface area (Å²) < 4.78 is 0. The average Bonchev–Trinajstić information content (AvgIpc) is 2.63. The van der Waals surface area contributed by atoms with Crippen LogP contribution in [0.5, 0.6) is 0 Å². The van der Waals surface area contributed by atoms with Crippen LogP contribution in [0.4, 0.5) is 0 Å². The summed E-state index contributed by atoms with van der Waals surface area (Å²) in [6.45, 7) is 9.19. The van der Waals surface area contributed by atoms with Crippen molar-refractivity contribution in [1.82, 2.24) is 0 Å². The first-order valence-electron chi connectivity index (χ1n) is 7.19. The molecule has 1 unspecified atom stereocenters. The molecule has 2 aliphatic rings. The molecule has 3 rings (SSSR count). The van der Waals surface area contributed by atoms with Crippen LogP contribution in [0, 0.1) is 18.3 Å². The molecule has 0 heterocycles. The molecule has 1 aromatic carbocycles. The van der Waals surface area contributed by atoms with E-state index in [0.29, 0.717) is 5.92 Å². The zero-order chi connectivity index (χ0) is 13.6. The molecule has 0 radical (unpaired) electrons. The number of rotatable bonds is 1. The lowest BCUT2D eigenvalue weighted by Crippen LogP contribution is -2.17. The summed E-state index contributed by atoms with van der Waals surface area (Å²) in [5.41, 5.74) is 7.38. The maximum absolute atomic E-state index is 2.39. The topological polar surface area (TPSA) is 0 Å². The van der Waals surface area contributed by atoms with Crippen LogP contribution >= 0.6 is 0 Å². The van der Waals surface area contributed by atoms with Crippen LogP contribution in [0.2, 0.25) is 0 Å². The highest BCUT2D eigenvalue weighted by Crippen LogP contribution is 2.51. The summed E-state index contributed by atoms with van der Waals surface area (Å²) in [4.78, 5) is 0. The zero-order valence-electron chi connectivity index (χ0n) is 12.3. The number of allylic oxidation sites excluding steroid dienone is 6. The normalized spacial score (nSPS) is 24.4. The van der Waals surface area contributed by atoms with Crippen molar-refractivity contribution in [3.05, 3.63) is 64.8 Å². The smallest absolute Gasteiger partial charge is 0.0120 e. The van der Waals surface area contributed by atoms with Crippen molar-refractivity contribution in [1.29, 1.82) is 0 Å². The Labute approximate surface area is 116 Å². The molecule has 0 fully saturated rings. The summed E-state index contributed by atoms with van der Waals surface area (Å²) in [6.07, 6.45) is 8.24. The Kier molecular flexibility index (Phi) is 2.78. The Hall–Kier alpha value is -1.56. The van der Waals surface area contributed by atoms with Crippen LogP contribution in [-0.2, 0) is 0 Å². The van der Waals surface area contributed by atoms with E-state index >= 15 is 0 Å². The van der Waals surface area contributed by atoms with Gasteiger partial charge in [-0.2, -0.15) is 0 Å². The molecular weight excluding hydrogens is 228 g/mol. The third-order valence-electron chi connectivity index (χ3n) is 4.57. The van der Waals surface area contributed by atoms with Gasteiger partial charge in [-0.15, -0.1) is 0 Å². The van der Waals surface area contributed by atoms with Gasteiger partial charge in [0.15, 0.2) is 0 Å². The minimum absolute atomic E-state index is 0.170. The van der Waals surface area contributed by atoms with Gasteiger partial charge in [-0.05, 0) is 36.0 Å². The van der Waals surface area contributed by atoms with Crippen molar-refractivity contribution in [2.45, 2.75) is 34.1 Å². The summed E-state index contributed by atoms with van der Waals surface area (Å²) >= 11 is 0. The van der Waals surface area contributed by atoms with Gasteiger partial charge in [0.1, 0.15) is 0 Å². The van der Waals surface area contributed by atoms with Gasteiger partial charge >= 0.3 is 0 Å². The number of hydrogen-bond acceptors (Lipinski definition) is 0.